The Bertz CT molecular complexity index is 476. The molecule has 0 saturated carbocycles. The van der Waals surface area contributed by atoms with Crippen LogP contribution in [0.25, 0.3) is 0 Å². The fraction of sp³-hybridized carbons (Fsp3) is 0.357. The molecule has 2 N–H and O–H groups in total. The molecule has 0 unspecified atom stereocenters. The number of amides is 1. The molecule has 7 heteroatoms. The lowest BCUT2D eigenvalue weighted by molar-refractivity contribution is -0.167. The van der Waals surface area contributed by atoms with E-state index in [-0.39, 0.29) is 5.69 Å². The zero-order chi connectivity index (χ0) is 15.7. The Morgan fingerprint density at radius 1 is 1.38 bits per heavy atom. The second-order valence-corrected chi connectivity index (χ2v) is 4.22. The maximum absolute atomic E-state index is 12.1. The van der Waals surface area contributed by atoms with Gasteiger partial charge in [-0.3, -0.25) is 4.79 Å². The van der Waals surface area contributed by atoms with Crippen LogP contribution in [-0.4, -0.2) is 25.2 Å². The summed E-state index contributed by atoms with van der Waals surface area (Å²) in [5.41, 5.74) is 0.895. The molecule has 0 fully saturated rings. The van der Waals surface area contributed by atoms with Gasteiger partial charge >= 0.3 is 12.1 Å². The zero-order valence-corrected chi connectivity index (χ0v) is 11.4. The van der Waals surface area contributed by atoms with E-state index in [0.717, 1.165) is 12.0 Å². The SMILES string of the molecule is C=COCCCNCc1cccc(NC(=O)C(F)(F)F)c1. The minimum absolute atomic E-state index is 0.117. The first-order valence-corrected chi connectivity index (χ1v) is 6.34. The van der Waals surface area contributed by atoms with Crippen LogP contribution in [0.4, 0.5) is 18.9 Å². The van der Waals surface area contributed by atoms with Crippen molar-refractivity contribution in [3.63, 3.8) is 0 Å². The van der Waals surface area contributed by atoms with Crippen LogP contribution in [0.2, 0.25) is 0 Å². The van der Waals surface area contributed by atoms with Gasteiger partial charge in [0.25, 0.3) is 0 Å². The summed E-state index contributed by atoms with van der Waals surface area (Å²) in [5, 5.41) is 4.94. The molecule has 0 aromatic heterocycles. The summed E-state index contributed by atoms with van der Waals surface area (Å²) in [6, 6.07) is 6.25. The number of anilines is 1. The third-order valence-corrected chi connectivity index (χ3v) is 2.51. The number of ether oxygens (including phenoxy) is 1. The molecule has 1 aromatic carbocycles. The maximum atomic E-state index is 12.1. The van der Waals surface area contributed by atoms with E-state index in [9.17, 15) is 18.0 Å². The van der Waals surface area contributed by atoms with Gasteiger partial charge in [-0.1, -0.05) is 18.7 Å². The average Bonchev–Trinajstić information content (AvgIpc) is 2.42. The van der Waals surface area contributed by atoms with Crippen molar-refractivity contribution in [3.05, 3.63) is 42.7 Å². The standard InChI is InChI=1S/C14H17F3N2O2/c1-2-21-8-4-7-18-10-11-5-3-6-12(9-11)19-13(20)14(15,16)17/h2-3,5-6,9,18H,1,4,7-8,10H2,(H,19,20). The van der Waals surface area contributed by atoms with E-state index < -0.39 is 12.1 Å². The van der Waals surface area contributed by atoms with E-state index >= 15 is 0 Å². The van der Waals surface area contributed by atoms with Crippen molar-refractivity contribution >= 4 is 11.6 Å². The molecule has 0 aliphatic carbocycles. The van der Waals surface area contributed by atoms with Gasteiger partial charge in [-0.05, 0) is 30.7 Å². The van der Waals surface area contributed by atoms with E-state index in [1.807, 2.05) is 5.32 Å². The largest absolute Gasteiger partial charge is 0.502 e. The van der Waals surface area contributed by atoms with Gasteiger partial charge in [-0.25, -0.2) is 0 Å². The molecule has 0 spiro atoms. The van der Waals surface area contributed by atoms with Gasteiger partial charge in [0.05, 0.1) is 12.9 Å². The number of hydrogen-bond donors (Lipinski definition) is 2. The number of hydrogen-bond acceptors (Lipinski definition) is 3. The van der Waals surface area contributed by atoms with Crippen LogP contribution in [0.1, 0.15) is 12.0 Å². The summed E-state index contributed by atoms with van der Waals surface area (Å²) in [5.74, 6) is -1.98. The van der Waals surface area contributed by atoms with Gasteiger partial charge in [0.2, 0.25) is 0 Å². The third-order valence-electron chi connectivity index (χ3n) is 2.51. The average molecular weight is 302 g/mol. The van der Waals surface area contributed by atoms with Crippen LogP contribution < -0.4 is 10.6 Å². The van der Waals surface area contributed by atoms with Gasteiger partial charge in [0.1, 0.15) is 0 Å². The highest BCUT2D eigenvalue weighted by molar-refractivity contribution is 5.94. The fourth-order valence-corrected chi connectivity index (χ4v) is 1.56. The Hall–Kier alpha value is -2.02. The molecular formula is C14H17F3N2O2. The van der Waals surface area contributed by atoms with Crippen molar-refractivity contribution in [2.45, 2.75) is 19.1 Å². The number of carbonyl (C=O) groups is 1. The van der Waals surface area contributed by atoms with Gasteiger partial charge in [0.15, 0.2) is 0 Å². The number of alkyl halides is 3. The molecule has 0 saturated heterocycles. The number of halogens is 3. The molecule has 4 nitrogen and oxygen atoms in total. The lowest BCUT2D eigenvalue weighted by Gasteiger charge is -2.10. The van der Waals surface area contributed by atoms with Crippen LogP contribution in [0.3, 0.4) is 0 Å². The van der Waals surface area contributed by atoms with Gasteiger partial charge in [-0.15, -0.1) is 0 Å². The lowest BCUT2D eigenvalue weighted by Crippen LogP contribution is -2.30. The van der Waals surface area contributed by atoms with E-state index in [0.29, 0.717) is 19.7 Å². The normalized spacial score (nSPS) is 11.0. The summed E-state index contributed by atoms with van der Waals surface area (Å²) in [7, 11) is 0. The number of carbonyl (C=O) groups excluding carboxylic acids is 1. The first-order valence-electron chi connectivity index (χ1n) is 6.34. The second kappa shape index (κ2) is 8.31. The molecule has 116 valence electrons. The van der Waals surface area contributed by atoms with Crippen LogP contribution in [0, 0.1) is 0 Å². The van der Waals surface area contributed by atoms with Crippen LogP contribution in [0.15, 0.2) is 37.1 Å². The zero-order valence-electron chi connectivity index (χ0n) is 11.4. The minimum atomic E-state index is -4.89. The Labute approximate surface area is 121 Å². The Balaban J connectivity index is 2.42. The molecule has 1 rings (SSSR count). The molecule has 0 aliphatic rings. The van der Waals surface area contributed by atoms with Gasteiger partial charge < -0.3 is 15.4 Å². The highest BCUT2D eigenvalue weighted by Crippen LogP contribution is 2.18. The Kier molecular flexibility index (Phi) is 6.74. The highest BCUT2D eigenvalue weighted by Gasteiger charge is 2.38. The predicted molar refractivity (Wildman–Crippen MR) is 73.6 cm³/mol. The van der Waals surface area contributed by atoms with Crippen LogP contribution in [-0.2, 0) is 16.1 Å². The number of benzene rings is 1. The first kappa shape index (κ1) is 17.0. The summed E-state index contributed by atoms with van der Waals surface area (Å²) < 4.78 is 41.4. The third kappa shape index (κ3) is 6.80. The van der Waals surface area contributed by atoms with Crippen molar-refractivity contribution < 1.29 is 22.7 Å². The molecule has 1 amide bonds. The van der Waals surface area contributed by atoms with Crippen LogP contribution in [0.5, 0.6) is 0 Å². The van der Waals surface area contributed by atoms with E-state index in [4.69, 9.17) is 4.74 Å². The van der Waals surface area contributed by atoms with Crippen LogP contribution >= 0.6 is 0 Å². The molecule has 0 bridgehead atoms. The molecule has 0 atom stereocenters. The maximum Gasteiger partial charge on any atom is 0.471 e. The monoisotopic (exact) mass is 302 g/mol. The summed E-state index contributed by atoms with van der Waals surface area (Å²) in [6.45, 7) is 5.16. The molecular weight excluding hydrogens is 285 g/mol. The predicted octanol–water partition coefficient (Wildman–Crippen LogP) is 2.83. The highest BCUT2D eigenvalue weighted by atomic mass is 19.4. The quantitative estimate of drug-likeness (QED) is 0.573. The minimum Gasteiger partial charge on any atom is -0.502 e. The summed E-state index contributed by atoms with van der Waals surface area (Å²) >= 11 is 0. The van der Waals surface area contributed by atoms with Crippen molar-refractivity contribution in [1.29, 1.82) is 0 Å². The molecule has 0 radical (unpaired) electrons. The molecule has 0 aliphatic heterocycles. The summed E-state index contributed by atoms with van der Waals surface area (Å²) in [4.78, 5) is 10.8. The fourth-order valence-electron chi connectivity index (χ4n) is 1.56. The van der Waals surface area contributed by atoms with E-state index in [2.05, 4.69) is 11.9 Å². The van der Waals surface area contributed by atoms with Gasteiger partial charge in [-0.2, -0.15) is 13.2 Å². The number of rotatable bonds is 8. The Morgan fingerprint density at radius 3 is 2.81 bits per heavy atom. The van der Waals surface area contributed by atoms with Crippen molar-refractivity contribution in [2.75, 3.05) is 18.5 Å². The number of nitrogens with one attached hydrogen (secondary N) is 2. The lowest BCUT2D eigenvalue weighted by atomic mass is 10.2. The molecule has 0 heterocycles. The summed E-state index contributed by atoms with van der Waals surface area (Å²) in [6.07, 6.45) is -2.73. The van der Waals surface area contributed by atoms with E-state index in [1.54, 1.807) is 12.1 Å². The van der Waals surface area contributed by atoms with Crippen molar-refractivity contribution in [2.24, 2.45) is 0 Å². The topological polar surface area (TPSA) is 50.4 Å². The second-order valence-electron chi connectivity index (χ2n) is 4.22. The molecule has 1 aromatic rings. The van der Waals surface area contributed by atoms with Crippen molar-refractivity contribution in [3.8, 4) is 0 Å². The smallest absolute Gasteiger partial charge is 0.471 e. The van der Waals surface area contributed by atoms with E-state index in [1.165, 1.54) is 18.4 Å². The first-order chi connectivity index (χ1) is 9.93. The molecule has 21 heavy (non-hydrogen) atoms. The van der Waals surface area contributed by atoms with Crippen molar-refractivity contribution in [1.82, 2.24) is 5.32 Å². The van der Waals surface area contributed by atoms with Gasteiger partial charge in [0, 0.05) is 12.2 Å². The Morgan fingerprint density at radius 2 is 2.14 bits per heavy atom.